The van der Waals surface area contributed by atoms with E-state index in [-0.39, 0.29) is 0 Å². The van der Waals surface area contributed by atoms with Crippen LogP contribution in [0.3, 0.4) is 0 Å². The van der Waals surface area contributed by atoms with Gasteiger partial charge in [0, 0.05) is 6.20 Å². The number of fused-ring (bicyclic) bond motifs is 1. The van der Waals surface area contributed by atoms with Crippen molar-refractivity contribution in [2.24, 2.45) is 0 Å². The number of aryl methyl sites for hydroxylation is 2. The Balaban J connectivity index is 2.53. The number of carboxylic acid groups (broad SMARTS) is 1. The van der Waals surface area contributed by atoms with Crippen LogP contribution in [-0.4, -0.2) is 16.1 Å². The first-order chi connectivity index (χ1) is 7.24. The molecular weight excluding hydrogens is 190 g/mol. The van der Waals surface area contributed by atoms with E-state index in [4.69, 9.17) is 0 Å². The van der Waals surface area contributed by atoms with Crippen LogP contribution < -0.4 is 0 Å². The first kappa shape index (κ1) is 10.1. The lowest BCUT2D eigenvalue weighted by Gasteiger charge is -2.09. The van der Waals surface area contributed by atoms with Crippen LogP contribution in [0.5, 0.6) is 0 Å². The lowest BCUT2D eigenvalue weighted by atomic mass is 10.0. The molecule has 0 aliphatic heterocycles. The zero-order chi connectivity index (χ0) is 10.8. The van der Waals surface area contributed by atoms with Crippen LogP contribution >= 0.6 is 0 Å². The highest BCUT2D eigenvalue weighted by Gasteiger charge is 2.22. The van der Waals surface area contributed by atoms with E-state index in [9.17, 15) is 9.90 Å². The number of carbonyl (C=O) groups is 1. The van der Waals surface area contributed by atoms with Crippen LogP contribution in [0.1, 0.15) is 46.9 Å². The van der Waals surface area contributed by atoms with Crippen molar-refractivity contribution in [3.63, 3.8) is 0 Å². The third kappa shape index (κ3) is 1.74. The summed E-state index contributed by atoms with van der Waals surface area (Å²) in [5, 5.41) is 9.22. The van der Waals surface area contributed by atoms with Gasteiger partial charge in [-0.1, -0.05) is 13.3 Å². The highest BCUT2D eigenvalue weighted by Crippen LogP contribution is 2.27. The predicted molar refractivity (Wildman–Crippen MR) is 57.2 cm³/mol. The number of hydrogen-bond acceptors (Lipinski definition) is 2. The molecule has 1 N–H and O–H groups in total. The number of nitrogens with zero attached hydrogens (tertiary/aromatic N) is 1. The van der Waals surface area contributed by atoms with E-state index < -0.39 is 5.97 Å². The van der Waals surface area contributed by atoms with Gasteiger partial charge in [0.15, 0.2) is 0 Å². The van der Waals surface area contributed by atoms with Gasteiger partial charge in [0.05, 0.1) is 11.3 Å². The van der Waals surface area contributed by atoms with Crippen molar-refractivity contribution in [1.82, 2.24) is 4.98 Å². The molecule has 80 valence electrons. The molecule has 2 rings (SSSR count). The molecule has 0 bridgehead atoms. The van der Waals surface area contributed by atoms with Crippen LogP contribution in [0.15, 0.2) is 6.20 Å². The molecule has 1 heterocycles. The van der Waals surface area contributed by atoms with Gasteiger partial charge in [-0.2, -0.15) is 0 Å². The topological polar surface area (TPSA) is 50.2 Å². The maximum atomic E-state index is 11.2. The van der Waals surface area contributed by atoms with Crippen molar-refractivity contribution in [3.8, 4) is 0 Å². The smallest absolute Gasteiger partial charge is 0.337 e. The van der Waals surface area contributed by atoms with Crippen LogP contribution in [0, 0.1) is 0 Å². The number of carboxylic acids is 1. The lowest BCUT2D eigenvalue weighted by Crippen LogP contribution is -2.09. The minimum Gasteiger partial charge on any atom is -0.478 e. The van der Waals surface area contributed by atoms with Gasteiger partial charge in [-0.15, -0.1) is 0 Å². The Morgan fingerprint density at radius 1 is 1.53 bits per heavy atom. The molecule has 0 amide bonds. The van der Waals surface area contributed by atoms with E-state index >= 15 is 0 Å². The molecule has 1 aliphatic carbocycles. The molecule has 1 aromatic rings. The van der Waals surface area contributed by atoms with Crippen molar-refractivity contribution in [3.05, 3.63) is 28.6 Å². The standard InChI is InChI=1S/C12H15NO2/c1-2-4-10-11(12(14)15)9-6-3-5-8(9)7-13-10/h7H,2-6H2,1H3,(H,14,15). The summed E-state index contributed by atoms with van der Waals surface area (Å²) in [5.41, 5.74) is 3.39. The SMILES string of the molecule is CCCc1ncc2c(c1C(=O)O)CCC2. The predicted octanol–water partition coefficient (Wildman–Crippen LogP) is 2.22. The number of pyridine rings is 1. The van der Waals surface area contributed by atoms with E-state index in [0.29, 0.717) is 5.56 Å². The molecular formula is C12H15NO2. The van der Waals surface area contributed by atoms with E-state index in [1.165, 1.54) is 0 Å². The zero-order valence-corrected chi connectivity index (χ0v) is 8.92. The Morgan fingerprint density at radius 3 is 3.00 bits per heavy atom. The van der Waals surface area contributed by atoms with Gasteiger partial charge < -0.3 is 5.11 Å². The highest BCUT2D eigenvalue weighted by molar-refractivity contribution is 5.91. The van der Waals surface area contributed by atoms with Crippen LogP contribution in [-0.2, 0) is 19.3 Å². The van der Waals surface area contributed by atoms with Crippen LogP contribution in [0.25, 0.3) is 0 Å². The number of hydrogen-bond donors (Lipinski definition) is 1. The molecule has 0 aromatic carbocycles. The van der Waals surface area contributed by atoms with Crippen molar-refractivity contribution in [2.75, 3.05) is 0 Å². The van der Waals surface area contributed by atoms with E-state index in [1.807, 2.05) is 13.1 Å². The first-order valence-electron chi connectivity index (χ1n) is 5.47. The minimum atomic E-state index is -0.815. The molecule has 3 nitrogen and oxygen atoms in total. The fourth-order valence-electron chi connectivity index (χ4n) is 2.27. The third-order valence-electron chi connectivity index (χ3n) is 2.93. The Kier molecular flexibility index (Phi) is 2.71. The molecule has 0 fully saturated rings. The van der Waals surface area contributed by atoms with Crippen molar-refractivity contribution in [1.29, 1.82) is 0 Å². The van der Waals surface area contributed by atoms with Crippen molar-refractivity contribution >= 4 is 5.97 Å². The molecule has 0 atom stereocenters. The van der Waals surface area contributed by atoms with Gasteiger partial charge >= 0.3 is 5.97 Å². The molecule has 0 saturated heterocycles. The first-order valence-corrected chi connectivity index (χ1v) is 5.47. The molecule has 3 heteroatoms. The third-order valence-corrected chi connectivity index (χ3v) is 2.93. The number of aromatic carboxylic acids is 1. The fraction of sp³-hybridized carbons (Fsp3) is 0.500. The van der Waals surface area contributed by atoms with Gasteiger partial charge in [-0.3, -0.25) is 4.98 Å². The summed E-state index contributed by atoms with van der Waals surface area (Å²) in [7, 11) is 0. The summed E-state index contributed by atoms with van der Waals surface area (Å²) in [6.07, 6.45) is 6.50. The van der Waals surface area contributed by atoms with E-state index in [2.05, 4.69) is 4.98 Å². The molecule has 0 radical (unpaired) electrons. The number of rotatable bonds is 3. The largest absolute Gasteiger partial charge is 0.478 e. The summed E-state index contributed by atoms with van der Waals surface area (Å²) in [6, 6.07) is 0. The molecule has 15 heavy (non-hydrogen) atoms. The second-order valence-corrected chi connectivity index (χ2v) is 3.99. The second kappa shape index (κ2) is 4.01. The Labute approximate surface area is 89.2 Å². The monoisotopic (exact) mass is 205 g/mol. The van der Waals surface area contributed by atoms with Gasteiger partial charge in [0.25, 0.3) is 0 Å². The minimum absolute atomic E-state index is 0.479. The van der Waals surface area contributed by atoms with Gasteiger partial charge in [0.2, 0.25) is 0 Å². The average molecular weight is 205 g/mol. The van der Waals surface area contributed by atoms with Gasteiger partial charge in [-0.05, 0) is 36.8 Å². The van der Waals surface area contributed by atoms with Gasteiger partial charge in [-0.25, -0.2) is 4.79 Å². The molecule has 0 saturated carbocycles. The van der Waals surface area contributed by atoms with E-state index in [1.54, 1.807) is 0 Å². The van der Waals surface area contributed by atoms with Crippen molar-refractivity contribution in [2.45, 2.75) is 39.0 Å². The summed E-state index contributed by atoms with van der Waals surface area (Å²) in [6.45, 7) is 2.04. The fourth-order valence-corrected chi connectivity index (χ4v) is 2.27. The normalized spacial score (nSPS) is 13.9. The van der Waals surface area contributed by atoms with Gasteiger partial charge in [0.1, 0.15) is 0 Å². The molecule has 0 unspecified atom stereocenters. The molecule has 1 aromatic heterocycles. The maximum Gasteiger partial charge on any atom is 0.337 e. The second-order valence-electron chi connectivity index (χ2n) is 3.99. The Hall–Kier alpha value is -1.38. The van der Waals surface area contributed by atoms with E-state index in [0.717, 1.165) is 48.9 Å². The quantitative estimate of drug-likeness (QED) is 0.823. The number of aromatic nitrogens is 1. The lowest BCUT2D eigenvalue weighted by molar-refractivity contribution is 0.0694. The summed E-state index contributed by atoms with van der Waals surface area (Å²) in [4.78, 5) is 15.5. The highest BCUT2D eigenvalue weighted by atomic mass is 16.4. The Bertz CT molecular complexity index is 399. The van der Waals surface area contributed by atoms with Crippen molar-refractivity contribution < 1.29 is 9.90 Å². The maximum absolute atomic E-state index is 11.2. The van der Waals surface area contributed by atoms with Crippen LogP contribution in [0.4, 0.5) is 0 Å². The summed E-state index contributed by atoms with van der Waals surface area (Å²) in [5.74, 6) is -0.815. The Morgan fingerprint density at radius 2 is 2.33 bits per heavy atom. The molecule has 1 aliphatic rings. The molecule has 0 spiro atoms. The average Bonchev–Trinajstić information content (AvgIpc) is 2.64. The summed E-state index contributed by atoms with van der Waals surface area (Å²) < 4.78 is 0. The zero-order valence-electron chi connectivity index (χ0n) is 8.92. The summed E-state index contributed by atoms with van der Waals surface area (Å²) >= 11 is 0. The van der Waals surface area contributed by atoms with Crippen LogP contribution in [0.2, 0.25) is 0 Å².